The Morgan fingerprint density at radius 1 is 0.966 bits per heavy atom. The van der Waals surface area contributed by atoms with Crippen LogP contribution in [-0.4, -0.2) is 22.0 Å². The van der Waals surface area contributed by atoms with Gasteiger partial charge in [0.15, 0.2) is 0 Å². The lowest BCUT2D eigenvalue weighted by molar-refractivity contribution is -0.119. The summed E-state index contributed by atoms with van der Waals surface area (Å²) in [5.41, 5.74) is 11.2. The summed E-state index contributed by atoms with van der Waals surface area (Å²) in [4.78, 5) is 17.3. The first kappa shape index (κ1) is 17.6. The molecule has 2 unspecified atom stereocenters. The smallest absolute Gasteiger partial charge is 0.230 e. The zero-order valence-electron chi connectivity index (χ0n) is 15.7. The summed E-state index contributed by atoms with van der Waals surface area (Å²) in [6, 6.07) is 25.8. The molecule has 144 valence electrons. The number of imidazole rings is 1. The van der Waals surface area contributed by atoms with Crippen molar-refractivity contribution in [3.8, 4) is 5.69 Å². The van der Waals surface area contributed by atoms with Crippen LogP contribution in [0.1, 0.15) is 11.6 Å². The van der Waals surface area contributed by atoms with Gasteiger partial charge in [0.05, 0.1) is 23.0 Å². The van der Waals surface area contributed by atoms with Crippen LogP contribution in [0, 0.1) is 5.92 Å². The molecule has 29 heavy (non-hydrogen) atoms. The van der Waals surface area contributed by atoms with Gasteiger partial charge in [-0.25, -0.2) is 10.4 Å². The van der Waals surface area contributed by atoms with E-state index >= 15 is 0 Å². The van der Waals surface area contributed by atoms with E-state index in [0.717, 1.165) is 28.0 Å². The van der Waals surface area contributed by atoms with Gasteiger partial charge in [0, 0.05) is 17.9 Å². The van der Waals surface area contributed by atoms with E-state index in [9.17, 15) is 4.79 Å². The van der Waals surface area contributed by atoms with Gasteiger partial charge in [-0.15, -0.1) is 0 Å². The van der Waals surface area contributed by atoms with Crippen molar-refractivity contribution in [2.75, 3.05) is 11.9 Å². The lowest BCUT2D eigenvalue weighted by Gasteiger charge is -2.18. The first-order valence-corrected chi connectivity index (χ1v) is 9.66. The number of hydrazine groups is 1. The van der Waals surface area contributed by atoms with Gasteiger partial charge in [0.2, 0.25) is 5.91 Å². The van der Waals surface area contributed by atoms with E-state index in [2.05, 4.69) is 21.2 Å². The number of hydrogen-bond acceptors (Lipinski definition) is 4. The van der Waals surface area contributed by atoms with Crippen molar-refractivity contribution in [1.82, 2.24) is 20.4 Å². The lowest BCUT2D eigenvalue weighted by Crippen LogP contribution is -2.29. The fourth-order valence-electron chi connectivity index (χ4n) is 3.82. The van der Waals surface area contributed by atoms with E-state index in [1.807, 2.05) is 89.8 Å². The van der Waals surface area contributed by atoms with Crippen molar-refractivity contribution < 1.29 is 4.79 Å². The van der Waals surface area contributed by atoms with Gasteiger partial charge >= 0.3 is 0 Å². The van der Waals surface area contributed by atoms with Crippen molar-refractivity contribution in [1.29, 1.82) is 0 Å². The van der Waals surface area contributed by atoms with Crippen molar-refractivity contribution in [2.45, 2.75) is 6.04 Å². The maximum Gasteiger partial charge on any atom is 0.230 e. The van der Waals surface area contributed by atoms with Gasteiger partial charge in [-0.05, 0) is 42.0 Å². The number of benzene rings is 3. The molecule has 1 aliphatic heterocycles. The summed E-state index contributed by atoms with van der Waals surface area (Å²) in [5.74, 6) is -0.188. The molecule has 1 fully saturated rings. The molecule has 4 aromatic rings. The van der Waals surface area contributed by atoms with E-state index in [-0.39, 0.29) is 17.9 Å². The minimum Gasteiger partial charge on any atom is -0.326 e. The van der Waals surface area contributed by atoms with Crippen LogP contribution in [0.25, 0.3) is 16.7 Å². The second-order valence-electron chi connectivity index (χ2n) is 7.16. The molecule has 6 nitrogen and oxygen atoms in total. The molecule has 2 atom stereocenters. The molecule has 0 radical (unpaired) electrons. The van der Waals surface area contributed by atoms with E-state index in [0.29, 0.717) is 6.54 Å². The number of rotatable bonds is 4. The number of anilines is 1. The maximum absolute atomic E-state index is 12.9. The highest BCUT2D eigenvalue weighted by molar-refractivity contribution is 5.93. The van der Waals surface area contributed by atoms with Crippen LogP contribution in [0.5, 0.6) is 0 Å². The molecular weight excluding hydrogens is 362 g/mol. The number of nitrogens with one attached hydrogen (secondary N) is 3. The standard InChI is InChI=1S/C23H21N5O/c29-23(19-14-25-27-22(19)16-6-2-1-3-7-16)26-17-10-12-18(13-11-17)28-15-24-20-8-4-5-9-21(20)28/h1-13,15,19,22,25,27H,14H2,(H,26,29). The first-order chi connectivity index (χ1) is 14.3. The minimum absolute atomic E-state index is 0.00261. The number of hydrogen-bond donors (Lipinski definition) is 3. The number of nitrogens with zero attached hydrogens (tertiary/aromatic N) is 2. The average molecular weight is 383 g/mol. The Bertz CT molecular complexity index is 1140. The third-order valence-corrected chi connectivity index (χ3v) is 5.34. The summed E-state index contributed by atoms with van der Waals surface area (Å²) in [7, 11) is 0. The highest BCUT2D eigenvalue weighted by Crippen LogP contribution is 2.26. The maximum atomic E-state index is 12.9. The molecule has 0 spiro atoms. The largest absolute Gasteiger partial charge is 0.326 e. The predicted octanol–water partition coefficient (Wildman–Crippen LogP) is 3.43. The predicted molar refractivity (Wildman–Crippen MR) is 114 cm³/mol. The number of carbonyl (C=O) groups excluding carboxylic acids is 1. The second-order valence-corrected chi connectivity index (χ2v) is 7.16. The molecule has 0 bridgehead atoms. The normalized spacial score (nSPS) is 18.8. The number of carbonyl (C=O) groups is 1. The van der Waals surface area contributed by atoms with Crippen LogP contribution >= 0.6 is 0 Å². The molecular formula is C23H21N5O. The highest BCUT2D eigenvalue weighted by Gasteiger charge is 2.33. The summed E-state index contributed by atoms with van der Waals surface area (Å²) in [6.07, 6.45) is 1.82. The fraction of sp³-hybridized carbons (Fsp3) is 0.130. The summed E-state index contributed by atoms with van der Waals surface area (Å²) in [5, 5.41) is 3.05. The molecule has 6 heteroatoms. The lowest BCUT2D eigenvalue weighted by atomic mass is 9.94. The zero-order valence-corrected chi connectivity index (χ0v) is 15.7. The molecule has 3 N–H and O–H groups in total. The summed E-state index contributed by atoms with van der Waals surface area (Å²) in [6.45, 7) is 0.588. The molecule has 1 aliphatic rings. The minimum atomic E-state index is -0.185. The summed E-state index contributed by atoms with van der Waals surface area (Å²) < 4.78 is 2.04. The van der Waals surface area contributed by atoms with Crippen LogP contribution in [-0.2, 0) is 4.79 Å². The zero-order chi connectivity index (χ0) is 19.6. The van der Waals surface area contributed by atoms with Gasteiger partial charge in [-0.2, -0.15) is 0 Å². The number of fused-ring (bicyclic) bond motifs is 1. The Kier molecular flexibility index (Phi) is 4.56. The van der Waals surface area contributed by atoms with Gasteiger partial charge in [0.25, 0.3) is 0 Å². The SMILES string of the molecule is O=C(Nc1ccc(-n2cnc3ccccc32)cc1)C1CNNC1c1ccccc1. The van der Waals surface area contributed by atoms with Crippen LogP contribution < -0.4 is 16.2 Å². The van der Waals surface area contributed by atoms with Crippen LogP contribution in [0.2, 0.25) is 0 Å². The van der Waals surface area contributed by atoms with E-state index in [1.54, 1.807) is 0 Å². The van der Waals surface area contributed by atoms with Crippen LogP contribution in [0.4, 0.5) is 5.69 Å². The van der Waals surface area contributed by atoms with Gasteiger partial charge in [0.1, 0.15) is 6.33 Å². The Labute approximate surface area is 168 Å². The molecule has 5 rings (SSSR count). The quantitative estimate of drug-likeness (QED) is 0.505. The van der Waals surface area contributed by atoms with E-state index < -0.39 is 0 Å². The molecule has 1 aromatic heterocycles. The Balaban J connectivity index is 1.33. The van der Waals surface area contributed by atoms with Gasteiger partial charge in [-0.3, -0.25) is 14.8 Å². The second kappa shape index (κ2) is 7.50. The number of para-hydroxylation sites is 2. The summed E-state index contributed by atoms with van der Waals surface area (Å²) >= 11 is 0. The van der Waals surface area contributed by atoms with Crippen LogP contribution in [0.15, 0.2) is 85.2 Å². The van der Waals surface area contributed by atoms with Crippen molar-refractivity contribution in [3.63, 3.8) is 0 Å². The number of aromatic nitrogens is 2. The molecule has 1 saturated heterocycles. The van der Waals surface area contributed by atoms with Crippen LogP contribution in [0.3, 0.4) is 0 Å². The Morgan fingerprint density at radius 2 is 1.72 bits per heavy atom. The average Bonchev–Trinajstić information content (AvgIpc) is 3.43. The third kappa shape index (κ3) is 3.40. The fourth-order valence-corrected chi connectivity index (χ4v) is 3.82. The Hall–Kier alpha value is -3.48. The topological polar surface area (TPSA) is 71.0 Å². The van der Waals surface area contributed by atoms with Crippen molar-refractivity contribution >= 4 is 22.6 Å². The first-order valence-electron chi connectivity index (χ1n) is 9.66. The van der Waals surface area contributed by atoms with Gasteiger partial charge < -0.3 is 5.32 Å². The Morgan fingerprint density at radius 3 is 2.55 bits per heavy atom. The molecule has 1 amide bonds. The number of amides is 1. The molecule has 3 aromatic carbocycles. The monoisotopic (exact) mass is 383 g/mol. The van der Waals surface area contributed by atoms with Crippen molar-refractivity contribution in [2.24, 2.45) is 5.92 Å². The molecule has 0 saturated carbocycles. The molecule has 0 aliphatic carbocycles. The molecule has 2 heterocycles. The van der Waals surface area contributed by atoms with Crippen molar-refractivity contribution in [3.05, 3.63) is 90.8 Å². The van der Waals surface area contributed by atoms with E-state index in [4.69, 9.17) is 0 Å². The van der Waals surface area contributed by atoms with E-state index in [1.165, 1.54) is 0 Å². The third-order valence-electron chi connectivity index (χ3n) is 5.34. The van der Waals surface area contributed by atoms with Gasteiger partial charge in [-0.1, -0.05) is 42.5 Å². The highest BCUT2D eigenvalue weighted by atomic mass is 16.2.